The molecule has 2 aromatic rings. The van der Waals surface area contributed by atoms with Crippen molar-refractivity contribution in [1.82, 2.24) is 9.97 Å². The summed E-state index contributed by atoms with van der Waals surface area (Å²) in [5.74, 6) is 1.95. The van der Waals surface area contributed by atoms with Crippen LogP contribution in [-0.2, 0) is 4.79 Å². The lowest BCUT2D eigenvalue weighted by Crippen LogP contribution is -2.44. The van der Waals surface area contributed by atoms with Gasteiger partial charge in [0.05, 0.1) is 11.0 Å². The molecule has 20 heavy (non-hydrogen) atoms. The zero-order valence-corrected chi connectivity index (χ0v) is 11.4. The van der Waals surface area contributed by atoms with Crippen LogP contribution < -0.4 is 9.80 Å². The van der Waals surface area contributed by atoms with Gasteiger partial charge in [-0.2, -0.15) is 0 Å². The first-order valence-electron chi connectivity index (χ1n) is 7.03. The molecule has 1 saturated carbocycles. The average Bonchev–Trinajstić information content (AvgIpc) is 3.30. The molecule has 5 nitrogen and oxygen atoms in total. The van der Waals surface area contributed by atoms with Crippen molar-refractivity contribution in [2.75, 3.05) is 29.9 Å². The van der Waals surface area contributed by atoms with Crippen LogP contribution in [0.2, 0.25) is 0 Å². The lowest BCUT2D eigenvalue weighted by Gasteiger charge is -2.33. The molecule has 0 unspecified atom stereocenters. The van der Waals surface area contributed by atoms with Gasteiger partial charge in [-0.3, -0.25) is 9.69 Å². The van der Waals surface area contributed by atoms with Crippen molar-refractivity contribution in [3.05, 3.63) is 24.3 Å². The Balaban J connectivity index is 1.87. The summed E-state index contributed by atoms with van der Waals surface area (Å²) >= 11 is 0. The van der Waals surface area contributed by atoms with Crippen LogP contribution in [0.4, 0.5) is 11.6 Å². The normalized spacial score (nSPS) is 18.2. The monoisotopic (exact) mass is 268 g/mol. The lowest BCUT2D eigenvalue weighted by atomic mass is 10.2. The van der Waals surface area contributed by atoms with Crippen LogP contribution in [0, 0.1) is 5.92 Å². The van der Waals surface area contributed by atoms with E-state index in [1.54, 1.807) is 0 Å². The standard InChI is InChI=1S/C15H16N4O/c1-18-8-9-19(15(20)10-6-7-10)14-13(18)16-11-4-2-3-5-12(11)17-14/h2-5,10H,6-9H2,1H3. The zero-order chi connectivity index (χ0) is 13.7. The van der Waals surface area contributed by atoms with Gasteiger partial charge in [0.2, 0.25) is 5.91 Å². The predicted molar refractivity (Wildman–Crippen MR) is 77.9 cm³/mol. The minimum Gasteiger partial charge on any atom is -0.355 e. The number of amides is 1. The van der Waals surface area contributed by atoms with Crippen LogP contribution in [0.3, 0.4) is 0 Å². The van der Waals surface area contributed by atoms with E-state index in [-0.39, 0.29) is 11.8 Å². The fraction of sp³-hybridized carbons (Fsp3) is 0.400. The second kappa shape index (κ2) is 4.16. The highest BCUT2D eigenvalue weighted by atomic mass is 16.2. The Kier molecular flexibility index (Phi) is 2.42. The summed E-state index contributed by atoms with van der Waals surface area (Å²) in [7, 11) is 2.00. The number of nitrogens with zero attached hydrogens (tertiary/aromatic N) is 4. The van der Waals surface area contributed by atoms with Crippen molar-refractivity contribution in [3.63, 3.8) is 0 Å². The number of hydrogen-bond acceptors (Lipinski definition) is 4. The van der Waals surface area contributed by atoms with Gasteiger partial charge in [-0.15, -0.1) is 0 Å². The summed E-state index contributed by atoms with van der Waals surface area (Å²) in [6, 6.07) is 7.80. The number of fused-ring (bicyclic) bond motifs is 2. The van der Waals surface area contributed by atoms with E-state index in [2.05, 4.69) is 14.9 Å². The average molecular weight is 268 g/mol. The Labute approximate surface area is 117 Å². The molecule has 0 atom stereocenters. The van der Waals surface area contributed by atoms with Gasteiger partial charge in [0.15, 0.2) is 11.6 Å². The van der Waals surface area contributed by atoms with E-state index in [0.29, 0.717) is 12.4 Å². The zero-order valence-electron chi connectivity index (χ0n) is 11.4. The second-order valence-corrected chi connectivity index (χ2v) is 5.55. The summed E-state index contributed by atoms with van der Waals surface area (Å²) < 4.78 is 0. The Hall–Kier alpha value is -2.17. The Morgan fingerprint density at radius 2 is 1.75 bits per heavy atom. The first-order chi connectivity index (χ1) is 9.74. The van der Waals surface area contributed by atoms with Crippen LogP contribution in [0.25, 0.3) is 11.0 Å². The highest BCUT2D eigenvalue weighted by Crippen LogP contribution is 2.36. The molecule has 2 aliphatic rings. The number of carbonyl (C=O) groups excluding carboxylic acids is 1. The predicted octanol–water partition coefficient (Wildman–Crippen LogP) is 1.82. The number of hydrogen-bond donors (Lipinski definition) is 0. The summed E-state index contributed by atoms with van der Waals surface area (Å²) in [6.07, 6.45) is 2.03. The molecule has 0 spiro atoms. The number of likely N-dealkylation sites (N-methyl/N-ethyl adjacent to an activating group) is 1. The van der Waals surface area contributed by atoms with E-state index in [0.717, 1.165) is 36.2 Å². The largest absolute Gasteiger partial charge is 0.355 e. The molecule has 1 fully saturated rings. The molecule has 102 valence electrons. The smallest absolute Gasteiger partial charge is 0.231 e. The molecule has 0 N–H and O–H groups in total. The highest BCUT2D eigenvalue weighted by Gasteiger charge is 2.37. The number of rotatable bonds is 1. The van der Waals surface area contributed by atoms with Crippen molar-refractivity contribution in [2.45, 2.75) is 12.8 Å². The van der Waals surface area contributed by atoms with Gasteiger partial charge in [-0.25, -0.2) is 9.97 Å². The molecule has 4 rings (SSSR count). The van der Waals surface area contributed by atoms with Crippen molar-refractivity contribution in [1.29, 1.82) is 0 Å². The molecule has 1 aliphatic heterocycles. The Bertz CT molecular complexity index is 695. The third kappa shape index (κ3) is 1.73. The molecule has 0 saturated heterocycles. The number of carbonyl (C=O) groups is 1. The maximum absolute atomic E-state index is 12.4. The summed E-state index contributed by atoms with van der Waals surface area (Å²) in [4.78, 5) is 25.7. The molecule has 1 aromatic carbocycles. The summed E-state index contributed by atoms with van der Waals surface area (Å²) in [6.45, 7) is 1.50. The second-order valence-electron chi connectivity index (χ2n) is 5.55. The highest BCUT2D eigenvalue weighted by molar-refractivity contribution is 5.99. The number of aromatic nitrogens is 2. The van der Waals surface area contributed by atoms with Crippen LogP contribution in [-0.4, -0.2) is 36.0 Å². The quantitative estimate of drug-likeness (QED) is 0.791. The molecular weight excluding hydrogens is 252 g/mol. The summed E-state index contributed by atoms with van der Waals surface area (Å²) in [5.41, 5.74) is 1.72. The molecule has 2 heterocycles. The fourth-order valence-corrected chi connectivity index (χ4v) is 2.65. The summed E-state index contributed by atoms with van der Waals surface area (Å²) in [5, 5.41) is 0. The molecule has 0 radical (unpaired) electrons. The van der Waals surface area contributed by atoms with Crippen LogP contribution >= 0.6 is 0 Å². The van der Waals surface area contributed by atoms with Crippen molar-refractivity contribution in [2.24, 2.45) is 5.92 Å². The minimum absolute atomic E-state index is 0.208. The van der Waals surface area contributed by atoms with Gasteiger partial charge in [0, 0.05) is 26.1 Å². The van der Waals surface area contributed by atoms with E-state index >= 15 is 0 Å². The molecule has 5 heteroatoms. The molecule has 1 amide bonds. The molecular formula is C15H16N4O. The van der Waals surface area contributed by atoms with Crippen LogP contribution in [0.5, 0.6) is 0 Å². The van der Waals surface area contributed by atoms with Crippen molar-refractivity contribution in [3.8, 4) is 0 Å². The fourth-order valence-electron chi connectivity index (χ4n) is 2.65. The molecule has 1 aromatic heterocycles. The van der Waals surface area contributed by atoms with E-state index in [4.69, 9.17) is 0 Å². The topological polar surface area (TPSA) is 49.3 Å². The Morgan fingerprint density at radius 3 is 2.40 bits per heavy atom. The third-order valence-electron chi connectivity index (χ3n) is 4.00. The number of para-hydroxylation sites is 2. The van der Waals surface area contributed by atoms with Gasteiger partial charge in [0.25, 0.3) is 0 Å². The van der Waals surface area contributed by atoms with Gasteiger partial charge in [-0.1, -0.05) is 12.1 Å². The van der Waals surface area contributed by atoms with Gasteiger partial charge in [0.1, 0.15) is 0 Å². The van der Waals surface area contributed by atoms with Gasteiger partial charge in [-0.05, 0) is 25.0 Å². The van der Waals surface area contributed by atoms with E-state index in [1.807, 2.05) is 36.2 Å². The molecule has 1 aliphatic carbocycles. The maximum Gasteiger partial charge on any atom is 0.231 e. The number of benzene rings is 1. The third-order valence-corrected chi connectivity index (χ3v) is 4.00. The maximum atomic E-state index is 12.4. The minimum atomic E-state index is 0.208. The Morgan fingerprint density at radius 1 is 1.10 bits per heavy atom. The van der Waals surface area contributed by atoms with Crippen molar-refractivity contribution >= 4 is 28.6 Å². The lowest BCUT2D eigenvalue weighted by molar-refractivity contribution is -0.119. The number of anilines is 2. The molecule has 0 bridgehead atoms. The van der Waals surface area contributed by atoms with E-state index in [1.165, 1.54) is 0 Å². The first kappa shape index (κ1) is 11.6. The first-order valence-corrected chi connectivity index (χ1v) is 7.03. The van der Waals surface area contributed by atoms with Crippen LogP contribution in [0.1, 0.15) is 12.8 Å². The van der Waals surface area contributed by atoms with Gasteiger partial charge >= 0.3 is 0 Å². The van der Waals surface area contributed by atoms with Crippen LogP contribution in [0.15, 0.2) is 24.3 Å². The van der Waals surface area contributed by atoms with E-state index < -0.39 is 0 Å². The SMILES string of the molecule is CN1CCN(C(=O)C2CC2)c2nc3ccccc3nc21. The van der Waals surface area contributed by atoms with Gasteiger partial charge < -0.3 is 4.90 Å². The van der Waals surface area contributed by atoms with Crippen molar-refractivity contribution < 1.29 is 4.79 Å². The van der Waals surface area contributed by atoms with E-state index in [9.17, 15) is 4.79 Å².